The molecule has 1 aliphatic rings. The highest BCUT2D eigenvalue weighted by molar-refractivity contribution is 7.88. The third kappa shape index (κ3) is 3.51. The van der Waals surface area contributed by atoms with Gasteiger partial charge in [-0.15, -0.1) is 0 Å². The Morgan fingerprint density at radius 1 is 1.55 bits per heavy atom. The smallest absolute Gasteiger partial charge is 0.217 e. The normalized spacial score (nSPS) is 20.0. The number of carbonyl (C=O) groups is 1. The SMILES string of the molecule is CC(=O)NCc1ccnc([C@@H]2CCCN2S(C)(=O)=O)n1. The Morgan fingerprint density at radius 2 is 2.30 bits per heavy atom. The van der Waals surface area contributed by atoms with Crippen LogP contribution in [0.4, 0.5) is 0 Å². The van der Waals surface area contributed by atoms with Crippen LogP contribution < -0.4 is 5.32 Å². The van der Waals surface area contributed by atoms with Crippen molar-refractivity contribution in [1.29, 1.82) is 0 Å². The molecule has 0 radical (unpaired) electrons. The van der Waals surface area contributed by atoms with E-state index in [1.807, 2.05) is 0 Å². The van der Waals surface area contributed by atoms with Gasteiger partial charge in [0.05, 0.1) is 24.5 Å². The summed E-state index contributed by atoms with van der Waals surface area (Å²) >= 11 is 0. The Balaban J connectivity index is 2.20. The molecule has 8 heteroatoms. The quantitative estimate of drug-likeness (QED) is 0.858. The lowest BCUT2D eigenvalue weighted by molar-refractivity contribution is -0.119. The first-order valence-electron chi connectivity index (χ1n) is 6.41. The van der Waals surface area contributed by atoms with E-state index in [-0.39, 0.29) is 11.9 Å². The van der Waals surface area contributed by atoms with E-state index in [2.05, 4.69) is 15.3 Å². The molecule has 7 nitrogen and oxygen atoms in total. The molecule has 0 aliphatic carbocycles. The molecule has 2 rings (SSSR count). The average molecular weight is 298 g/mol. The van der Waals surface area contributed by atoms with Crippen LogP contribution >= 0.6 is 0 Å². The molecule has 1 fully saturated rings. The fourth-order valence-corrected chi connectivity index (χ4v) is 3.40. The third-order valence-corrected chi connectivity index (χ3v) is 4.47. The van der Waals surface area contributed by atoms with E-state index in [0.717, 1.165) is 12.8 Å². The van der Waals surface area contributed by atoms with Crippen LogP contribution in [0.1, 0.15) is 37.3 Å². The molecule has 1 aromatic heterocycles. The molecule has 0 aromatic carbocycles. The second-order valence-electron chi connectivity index (χ2n) is 4.85. The maximum atomic E-state index is 11.7. The van der Waals surface area contributed by atoms with E-state index in [0.29, 0.717) is 24.6 Å². The first-order chi connectivity index (χ1) is 9.38. The van der Waals surface area contributed by atoms with E-state index in [9.17, 15) is 13.2 Å². The number of hydrogen-bond acceptors (Lipinski definition) is 5. The van der Waals surface area contributed by atoms with Crippen LogP contribution in [0.25, 0.3) is 0 Å². The van der Waals surface area contributed by atoms with E-state index in [1.165, 1.54) is 17.5 Å². The molecule has 1 amide bonds. The molecule has 1 N–H and O–H groups in total. The molecule has 0 spiro atoms. The van der Waals surface area contributed by atoms with Crippen LogP contribution in [0.2, 0.25) is 0 Å². The Morgan fingerprint density at radius 3 is 2.95 bits per heavy atom. The minimum Gasteiger partial charge on any atom is -0.351 e. The highest BCUT2D eigenvalue weighted by atomic mass is 32.2. The van der Waals surface area contributed by atoms with Gasteiger partial charge >= 0.3 is 0 Å². The van der Waals surface area contributed by atoms with Gasteiger partial charge in [-0.25, -0.2) is 18.4 Å². The van der Waals surface area contributed by atoms with Crippen molar-refractivity contribution >= 4 is 15.9 Å². The molecule has 0 bridgehead atoms. The van der Waals surface area contributed by atoms with Gasteiger partial charge < -0.3 is 5.32 Å². The van der Waals surface area contributed by atoms with E-state index in [4.69, 9.17) is 0 Å². The average Bonchev–Trinajstić information content (AvgIpc) is 2.86. The molecular formula is C12H18N4O3S. The van der Waals surface area contributed by atoms with Crippen LogP contribution in [0.15, 0.2) is 12.3 Å². The summed E-state index contributed by atoms with van der Waals surface area (Å²) in [6, 6.07) is 1.40. The van der Waals surface area contributed by atoms with Crippen molar-refractivity contribution in [2.45, 2.75) is 32.4 Å². The number of nitrogens with zero attached hydrogens (tertiary/aromatic N) is 3. The number of amides is 1. The largest absolute Gasteiger partial charge is 0.351 e. The standard InChI is InChI=1S/C12H18N4O3S/c1-9(17)14-8-10-5-6-13-12(15-10)11-4-3-7-16(11)20(2,18)19/h5-6,11H,3-4,7-8H2,1-2H3,(H,14,17)/t11-/m0/s1. The topological polar surface area (TPSA) is 92.3 Å². The van der Waals surface area contributed by atoms with Crippen molar-refractivity contribution < 1.29 is 13.2 Å². The summed E-state index contributed by atoms with van der Waals surface area (Å²) in [4.78, 5) is 19.4. The third-order valence-electron chi connectivity index (χ3n) is 3.18. The first kappa shape index (κ1) is 14.9. The second kappa shape index (κ2) is 5.84. The van der Waals surface area contributed by atoms with Gasteiger partial charge in [0.15, 0.2) is 0 Å². The van der Waals surface area contributed by atoms with E-state index in [1.54, 1.807) is 12.3 Å². The first-order valence-corrected chi connectivity index (χ1v) is 8.26. The summed E-state index contributed by atoms with van der Waals surface area (Å²) in [6.45, 7) is 2.25. The van der Waals surface area contributed by atoms with Crippen LogP contribution in [-0.4, -0.2) is 41.4 Å². The lowest BCUT2D eigenvalue weighted by Crippen LogP contribution is -2.30. The maximum absolute atomic E-state index is 11.7. The second-order valence-corrected chi connectivity index (χ2v) is 6.78. The van der Waals surface area contributed by atoms with Gasteiger partial charge in [-0.1, -0.05) is 0 Å². The van der Waals surface area contributed by atoms with Gasteiger partial charge in [0.1, 0.15) is 5.82 Å². The Kier molecular flexibility index (Phi) is 4.34. The van der Waals surface area contributed by atoms with Crippen LogP contribution in [-0.2, 0) is 21.4 Å². The highest BCUT2D eigenvalue weighted by Crippen LogP contribution is 2.31. The minimum atomic E-state index is -3.25. The monoisotopic (exact) mass is 298 g/mol. The van der Waals surface area contributed by atoms with Crippen LogP contribution in [0, 0.1) is 0 Å². The number of sulfonamides is 1. The number of carbonyl (C=O) groups excluding carboxylic acids is 1. The number of nitrogens with one attached hydrogen (secondary N) is 1. The zero-order chi connectivity index (χ0) is 14.8. The summed E-state index contributed by atoms with van der Waals surface area (Å²) in [5.41, 5.74) is 0.672. The predicted molar refractivity (Wildman–Crippen MR) is 73.1 cm³/mol. The van der Waals surface area contributed by atoms with Gasteiger partial charge in [0.25, 0.3) is 0 Å². The van der Waals surface area contributed by atoms with Gasteiger partial charge in [-0.3, -0.25) is 4.79 Å². The predicted octanol–water partition coefficient (Wildman–Crippen LogP) is 0.209. The summed E-state index contributed by atoms with van der Waals surface area (Å²) in [5, 5.41) is 2.66. The van der Waals surface area contributed by atoms with Crippen LogP contribution in [0.3, 0.4) is 0 Å². The summed E-state index contributed by atoms with van der Waals surface area (Å²) in [5.74, 6) is 0.361. The summed E-state index contributed by atoms with van der Waals surface area (Å²) in [6.07, 6.45) is 4.32. The molecule has 20 heavy (non-hydrogen) atoms. The molecule has 1 aromatic rings. The van der Waals surface area contributed by atoms with E-state index >= 15 is 0 Å². The van der Waals surface area contributed by atoms with Crippen molar-refractivity contribution in [2.75, 3.05) is 12.8 Å². The van der Waals surface area contributed by atoms with Gasteiger partial charge in [0.2, 0.25) is 15.9 Å². The fraction of sp³-hybridized carbons (Fsp3) is 0.583. The lowest BCUT2D eigenvalue weighted by Gasteiger charge is -2.21. The fourth-order valence-electron chi connectivity index (χ4n) is 2.28. The Labute approximate surface area is 118 Å². The highest BCUT2D eigenvalue weighted by Gasteiger charge is 2.34. The number of aromatic nitrogens is 2. The molecule has 0 unspecified atom stereocenters. The number of rotatable bonds is 4. The van der Waals surface area contributed by atoms with E-state index < -0.39 is 10.0 Å². The summed E-state index contributed by atoms with van der Waals surface area (Å²) < 4.78 is 24.9. The molecule has 110 valence electrons. The maximum Gasteiger partial charge on any atom is 0.217 e. The minimum absolute atomic E-state index is 0.135. The molecular weight excluding hydrogens is 280 g/mol. The van der Waals surface area contributed by atoms with Gasteiger partial charge in [-0.05, 0) is 18.9 Å². The van der Waals surface area contributed by atoms with Crippen molar-refractivity contribution in [3.05, 3.63) is 23.8 Å². The van der Waals surface area contributed by atoms with Crippen LogP contribution in [0.5, 0.6) is 0 Å². The Bertz CT molecular complexity index is 602. The molecule has 1 aliphatic heterocycles. The van der Waals surface area contributed by atoms with Gasteiger partial charge in [-0.2, -0.15) is 4.31 Å². The van der Waals surface area contributed by atoms with Crippen molar-refractivity contribution in [1.82, 2.24) is 19.6 Å². The Hall–Kier alpha value is -1.54. The lowest BCUT2D eigenvalue weighted by atomic mass is 10.2. The van der Waals surface area contributed by atoms with Crippen molar-refractivity contribution in [3.8, 4) is 0 Å². The zero-order valence-corrected chi connectivity index (χ0v) is 12.4. The summed E-state index contributed by atoms with van der Waals surface area (Å²) in [7, 11) is -3.25. The molecule has 1 atom stereocenters. The number of hydrogen-bond donors (Lipinski definition) is 1. The van der Waals surface area contributed by atoms with Gasteiger partial charge in [0, 0.05) is 19.7 Å². The van der Waals surface area contributed by atoms with Crippen molar-refractivity contribution in [3.63, 3.8) is 0 Å². The zero-order valence-electron chi connectivity index (χ0n) is 11.5. The molecule has 2 heterocycles. The molecule has 0 saturated carbocycles. The molecule has 1 saturated heterocycles. The van der Waals surface area contributed by atoms with Crippen molar-refractivity contribution in [2.24, 2.45) is 0 Å².